The van der Waals surface area contributed by atoms with E-state index >= 15 is 0 Å². The van der Waals surface area contributed by atoms with Gasteiger partial charge in [-0.1, -0.05) is 15.9 Å². The van der Waals surface area contributed by atoms with E-state index in [-0.39, 0.29) is 13.2 Å². The Bertz CT molecular complexity index is 279. The maximum Gasteiger partial charge on any atom is 0.145 e. The molecule has 0 unspecified atom stereocenters. The van der Waals surface area contributed by atoms with Crippen molar-refractivity contribution in [2.45, 2.75) is 6.92 Å². The molecule has 0 amide bonds. The molecule has 4 heteroatoms. The van der Waals surface area contributed by atoms with Crippen LogP contribution in [0.5, 0.6) is 5.75 Å². The Balaban J connectivity index is 2.92. The normalized spacial score (nSPS) is 10.1. The van der Waals surface area contributed by atoms with Gasteiger partial charge in [0.05, 0.1) is 12.3 Å². The van der Waals surface area contributed by atoms with Crippen LogP contribution in [0.2, 0.25) is 0 Å². The van der Waals surface area contributed by atoms with Gasteiger partial charge in [0.15, 0.2) is 0 Å². The molecule has 0 heterocycles. The smallest absolute Gasteiger partial charge is 0.145 e. The minimum absolute atomic E-state index is 0.00502. The predicted octanol–water partition coefficient (Wildman–Crippen LogP) is 1.71. The number of nitrogen functional groups attached to an aromatic ring is 1. The lowest BCUT2D eigenvalue weighted by Crippen LogP contribution is -2.05. The maximum atomic E-state index is 8.59. The van der Waals surface area contributed by atoms with Crippen LogP contribution >= 0.6 is 15.9 Å². The van der Waals surface area contributed by atoms with Crippen LogP contribution in [0, 0.1) is 6.92 Å². The molecule has 0 spiro atoms. The molecule has 1 aromatic rings. The number of halogens is 1. The van der Waals surface area contributed by atoms with E-state index in [1.54, 1.807) is 6.07 Å². The molecule has 0 saturated carbocycles. The Labute approximate surface area is 85.6 Å². The third kappa shape index (κ3) is 2.60. The summed E-state index contributed by atoms with van der Waals surface area (Å²) in [5.41, 5.74) is 7.27. The van der Waals surface area contributed by atoms with Gasteiger partial charge in [0, 0.05) is 4.47 Å². The fraction of sp³-hybridized carbons (Fsp3) is 0.333. The number of ether oxygens (including phenoxy) is 1. The van der Waals surface area contributed by atoms with Crippen LogP contribution in [0.1, 0.15) is 5.56 Å². The standard InChI is InChI=1S/C9H12BrNO2/c1-6-4-7(10)5-8(11)9(6)13-3-2-12/h4-5,12H,2-3,11H2,1H3. The molecule has 0 aliphatic rings. The second-order valence-corrected chi connectivity index (χ2v) is 3.63. The van der Waals surface area contributed by atoms with E-state index < -0.39 is 0 Å². The van der Waals surface area contributed by atoms with Crippen LogP contribution in [0.4, 0.5) is 5.69 Å². The number of aryl methyl sites for hydroxylation is 1. The zero-order valence-electron chi connectivity index (χ0n) is 7.38. The molecular weight excluding hydrogens is 234 g/mol. The first-order valence-corrected chi connectivity index (χ1v) is 4.73. The van der Waals surface area contributed by atoms with Gasteiger partial charge in [-0.2, -0.15) is 0 Å². The summed E-state index contributed by atoms with van der Waals surface area (Å²) >= 11 is 3.33. The molecule has 0 bridgehead atoms. The number of hydrogen-bond acceptors (Lipinski definition) is 3. The van der Waals surface area contributed by atoms with Crippen LogP contribution in [0.15, 0.2) is 16.6 Å². The predicted molar refractivity (Wildman–Crippen MR) is 55.9 cm³/mol. The quantitative estimate of drug-likeness (QED) is 0.798. The van der Waals surface area contributed by atoms with Crippen molar-refractivity contribution in [1.29, 1.82) is 0 Å². The Kier molecular flexibility index (Phi) is 3.57. The van der Waals surface area contributed by atoms with Gasteiger partial charge in [-0.15, -0.1) is 0 Å². The molecular formula is C9H12BrNO2. The van der Waals surface area contributed by atoms with Crippen LogP contribution in [-0.4, -0.2) is 18.3 Å². The number of nitrogens with two attached hydrogens (primary N) is 1. The van der Waals surface area contributed by atoms with E-state index in [2.05, 4.69) is 15.9 Å². The number of aliphatic hydroxyl groups is 1. The monoisotopic (exact) mass is 245 g/mol. The van der Waals surface area contributed by atoms with Crippen LogP contribution in [0.25, 0.3) is 0 Å². The first-order valence-electron chi connectivity index (χ1n) is 3.94. The highest BCUT2D eigenvalue weighted by molar-refractivity contribution is 9.10. The Morgan fingerprint density at radius 3 is 2.77 bits per heavy atom. The average molecular weight is 246 g/mol. The van der Waals surface area contributed by atoms with Gasteiger partial charge in [-0.05, 0) is 24.6 Å². The molecule has 0 atom stereocenters. The van der Waals surface area contributed by atoms with Crippen molar-refractivity contribution in [1.82, 2.24) is 0 Å². The molecule has 1 aromatic carbocycles. The minimum atomic E-state index is -0.00502. The zero-order valence-corrected chi connectivity index (χ0v) is 8.97. The van der Waals surface area contributed by atoms with Gasteiger partial charge in [0.25, 0.3) is 0 Å². The molecule has 0 aromatic heterocycles. The van der Waals surface area contributed by atoms with Gasteiger partial charge in [0.1, 0.15) is 12.4 Å². The zero-order chi connectivity index (χ0) is 9.84. The molecule has 13 heavy (non-hydrogen) atoms. The lowest BCUT2D eigenvalue weighted by Gasteiger charge is -2.10. The highest BCUT2D eigenvalue weighted by Crippen LogP contribution is 2.29. The van der Waals surface area contributed by atoms with Gasteiger partial charge >= 0.3 is 0 Å². The summed E-state index contributed by atoms with van der Waals surface area (Å²) in [6.45, 7) is 2.18. The van der Waals surface area contributed by atoms with Crippen molar-refractivity contribution in [3.05, 3.63) is 22.2 Å². The SMILES string of the molecule is Cc1cc(Br)cc(N)c1OCCO. The Morgan fingerprint density at radius 1 is 1.54 bits per heavy atom. The molecule has 3 N–H and O–H groups in total. The molecule has 0 fully saturated rings. The molecule has 0 aliphatic heterocycles. The van der Waals surface area contributed by atoms with Crippen molar-refractivity contribution in [2.24, 2.45) is 0 Å². The van der Waals surface area contributed by atoms with Crippen LogP contribution in [-0.2, 0) is 0 Å². The van der Waals surface area contributed by atoms with E-state index in [1.807, 2.05) is 13.0 Å². The maximum absolute atomic E-state index is 8.59. The lowest BCUT2D eigenvalue weighted by molar-refractivity contribution is 0.201. The van der Waals surface area contributed by atoms with E-state index in [4.69, 9.17) is 15.6 Å². The van der Waals surface area contributed by atoms with Crippen LogP contribution < -0.4 is 10.5 Å². The molecule has 72 valence electrons. The fourth-order valence-electron chi connectivity index (χ4n) is 1.10. The molecule has 0 saturated heterocycles. The molecule has 0 radical (unpaired) electrons. The van der Waals surface area contributed by atoms with E-state index in [0.717, 1.165) is 10.0 Å². The van der Waals surface area contributed by atoms with Gasteiger partial charge in [-0.3, -0.25) is 0 Å². The molecule has 0 aliphatic carbocycles. The number of aliphatic hydroxyl groups excluding tert-OH is 1. The lowest BCUT2D eigenvalue weighted by atomic mass is 10.2. The van der Waals surface area contributed by atoms with E-state index in [9.17, 15) is 0 Å². The van der Waals surface area contributed by atoms with Gasteiger partial charge < -0.3 is 15.6 Å². The second kappa shape index (κ2) is 4.48. The first kappa shape index (κ1) is 10.3. The number of anilines is 1. The van der Waals surface area contributed by atoms with Crippen molar-refractivity contribution >= 4 is 21.6 Å². The Morgan fingerprint density at radius 2 is 2.23 bits per heavy atom. The highest BCUT2D eigenvalue weighted by atomic mass is 79.9. The van der Waals surface area contributed by atoms with Crippen LogP contribution in [0.3, 0.4) is 0 Å². The van der Waals surface area contributed by atoms with Crippen molar-refractivity contribution in [3.8, 4) is 5.75 Å². The van der Waals surface area contributed by atoms with E-state index in [0.29, 0.717) is 11.4 Å². The summed E-state index contributed by atoms with van der Waals surface area (Å²) in [4.78, 5) is 0. The second-order valence-electron chi connectivity index (χ2n) is 2.71. The van der Waals surface area contributed by atoms with Gasteiger partial charge in [-0.25, -0.2) is 0 Å². The number of hydrogen-bond donors (Lipinski definition) is 2. The summed E-state index contributed by atoms with van der Waals surface area (Å²) < 4.78 is 6.21. The van der Waals surface area contributed by atoms with Gasteiger partial charge in [0.2, 0.25) is 0 Å². The van der Waals surface area contributed by atoms with Crippen molar-refractivity contribution in [2.75, 3.05) is 18.9 Å². The largest absolute Gasteiger partial charge is 0.489 e. The third-order valence-corrected chi connectivity index (χ3v) is 2.06. The average Bonchev–Trinajstić information content (AvgIpc) is 2.02. The number of benzene rings is 1. The molecule has 1 rings (SSSR count). The fourth-order valence-corrected chi connectivity index (χ4v) is 1.69. The molecule has 3 nitrogen and oxygen atoms in total. The first-order chi connectivity index (χ1) is 6.15. The highest BCUT2D eigenvalue weighted by Gasteiger charge is 2.05. The summed E-state index contributed by atoms with van der Waals surface area (Å²) in [5.74, 6) is 0.650. The summed E-state index contributed by atoms with van der Waals surface area (Å²) in [7, 11) is 0. The third-order valence-electron chi connectivity index (χ3n) is 1.61. The summed E-state index contributed by atoms with van der Waals surface area (Å²) in [6, 6.07) is 3.70. The summed E-state index contributed by atoms with van der Waals surface area (Å²) in [5, 5.41) is 8.59. The Hall–Kier alpha value is -0.740. The van der Waals surface area contributed by atoms with E-state index in [1.165, 1.54) is 0 Å². The van der Waals surface area contributed by atoms with Crippen molar-refractivity contribution in [3.63, 3.8) is 0 Å². The summed E-state index contributed by atoms with van der Waals surface area (Å²) in [6.07, 6.45) is 0. The number of rotatable bonds is 3. The topological polar surface area (TPSA) is 55.5 Å². The van der Waals surface area contributed by atoms with Crippen molar-refractivity contribution < 1.29 is 9.84 Å². The minimum Gasteiger partial charge on any atom is -0.489 e.